The first-order valence-corrected chi connectivity index (χ1v) is 12.3. The van der Waals surface area contributed by atoms with Gasteiger partial charge >= 0.3 is 0 Å². The molecule has 1 amide bonds. The van der Waals surface area contributed by atoms with E-state index in [0.717, 1.165) is 0 Å². The van der Waals surface area contributed by atoms with Crippen LogP contribution in [-0.2, 0) is 21.2 Å². The number of carbonyl (C=O) groups is 1. The molecular weight excluding hydrogens is 441 g/mol. The molecule has 1 saturated carbocycles. The maximum absolute atomic E-state index is 15.4. The molecule has 2 aromatic rings. The van der Waals surface area contributed by atoms with Crippen LogP contribution < -0.4 is 4.72 Å². The van der Waals surface area contributed by atoms with E-state index in [0.29, 0.717) is 18.4 Å². The zero-order valence-corrected chi connectivity index (χ0v) is 18.4. The van der Waals surface area contributed by atoms with E-state index >= 15 is 4.39 Å². The molecule has 2 fully saturated rings. The molecule has 1 saturated heterocycles. The van der Waals surface area contributed by atoms with Crippen molar-refractivity contribution in [3.05, 3.63) is 59.7 Å². The van der Waals surface area contributed by atoms with Crippen molar-refractivity contribution >= 4 is 15.9 Å². The number of benzene rings is 2. The van der Waals surface area contributed by atoms with Crippen molar-refractivity contribution in [2.75, 3.05) is 12.3 Å². The first-order chi connectivity index (χ1) is 15.2. The number of nitrogens with one attached hydrogen (secondary N) is 1. The Morgan fingerprint density at radius 3 is 2.53 bits per heavy atom. The summed E-state index contributed by atoms with van der Waals surface area (Å²) in [5.74, 6) is -1.75. The monoisotopic (exact) mass is 466 g/mol. The smallest absolute Gasteiger partial charge is 0.226 e. The molecule has 0 aromatic heterocycles. The largest absolute Gasteiger partial charge is 0.334 e. The van der Waals surface area contributed by atoms with E-state index in [4.69, 9.17) is 0 Å². The van der Waals surface area contributed by atoms with Gasteiger partial charge in [0.2, 0.25) is 15.9 Å². The fourth-order valence-electron chi connectivity index (χ4n) is 4.21. The number of amides is 1. The lowest BCUT2D eigenvalue weighted by Gasteiger charge is -2.29. The molecule has 1 aliphatic carbocycles. The third-order valence-corrected chi connectivity index (χ3v) is 7.52. The molecule has 2 aliphatic rings. The van der Waals surface area contributed by atoms with Crippen LogP contribution in [0.1, 0.15) is 25.3 Å². The second kappa shape index (κ2) is 8.86. The number of hydrogen-bond acceptors (Lipinski definition) is 3. The van der Waals surface area contributed by atoms with Gasteiger partial charge in [-0.15, -0.1) is 0 Å². The highest BCUT2D eigenvalue weighted by Crippen LogP contribution is 2.36. The standard InChI is InChI=1S/C23H25F3N2O3S/c1-2-32(30,31)27-22-19(25)13-28(23(29)14-9-10-14)20(22)12-16-6-4-8-18(21(16)26)15-5-3-7-17(24)11-15/h3-8,11,14,19-20,22,27H,2,9-10,12-13H2,1H3/t19-,20-,22-/m0/s1. The second-order valence-electron chi connectivity index (χ2n) is 8.39. The number of sulfonamides is 1. The van der Waals surface area contributed by atoms with Crippen LogP contribution in [0.2, 0.25) is 0 Å². The minimum atomic E-state index is -3.74. The highest BCUT2D eigenvalue weighted by Gasteiger charge is 2.48. The lowest BCUT2D eigenvalue weighted by molar-refractivity contribution is -0.133. The number of likely N-dealkylation sites (tertiary alicyclic amines) is 1. The van der Waals surface area contributed by atoms with Crippen molar-refractivity contribution in [3.8, 4) is 11.1 Å². The molecule has 2 aromatic carbocycles. The van der Waals surface area contributed by atoms with Gasteiger partial charge in [0, 0.05) is 11.5 Å². The van der Waals surface area contributed by atoms with Gasteiger partial charge in [0.15, 0.2) is 0 Å². The van der Waals surface area contributed by atoms with Crippen molar-refractivity contribution in [2.45, 2.75) is 44.4 Å². The Balaban J connectivity index is 1.68. The molecule has 172 valence electrons. The van der Waals surface area contributed by atoms with Crippen molar-refractivity contribution in [1.82, 2.24) is 9.62 Å². The molecule has 9 heteroatoms. The molecule has 0 radical (unpaired) electrons. The molecule has 1 N–H and O–H groups in total. The van der Waals surface area contributed by atoms with Gasteiger partial charge in [-0.3, -0.25) is 4.79 Å². The predicted molar refractivity (Wildman–Crippen MR) is 115 cm³/mol. The highest BCUT2D eigenvalue weighted by atomic mass is 32.2. The van der Waals surface area contributed by atoms with Crippen LogP contribution in [0.15, 0.2) is 42.5 Å². The summed E-state index contributed by atoms with van der Waals surface area (Å²) in [6.07, 6.45) is -0.231. The molecular formula is C23H25F3N2O3S. The number of hydrogen-bond donors (Lipinski definition) is 1. The van der Waals surface area contributed by atoms with E-state index in [1.54, 1.807) is 12.1 Å². The van der Waals surface area contributed by atoms with Crippen molar-refractivity contribution in [1.29, 1.82) is 0 Å². The van der Waals surface area contributed by atoms with Gasteiger partial charge in [0.1, 0.15) is 17.8 Å². The van der Waals surface area contributed by atoms with Crippen molar-refractivity contribution in [3.63, 3.8) is 0 Å². The minimum Gasteiger partial charge on any atom is -0.334 e. The number of carbonyl (C=O) groups excluding carboxylic acids is 1. The molecule has 3 atom stereocenters. The quantitative estimate of drug-likeness (QED) is 0.680. The number of halogens is 3. The number of nitrogens with zero attached hydrogens (tertiary/aromatic N) is 1. The van der Waals surface area contributed by atoms with E-state index in [9.17, 15) is 22.0 Å². The van der Waals surface area contributed by atoms with Crippen LogP contribution in [0.3, 0.4) is 0 Å². The van der Waals surface area contributed by atoms with Gasteiger partial charge in [0.05, 0.1) is 24.4 Å². The second-order valence-corrected chi connectivity index (χ2v) is 10.4. The molecule has 0 spiro atoms. The van der Waals surface area contributed by atoms with Crippen LogP contribution in [0, 0.1) is 17.6 Å². The lowest BCUT2D eigenvalue weighted by Crippen LogP contribution is -2.50. The van der Waals surface area contributed by atoms with E-state index in [1.807, 2.05) is 0 Å². The maximum Gasteiger partial charge on any atom is 0.226 e. The average molecular weight is 467 g/mol. The van der Waals surface area contributed by atoms with Gasteiger partial charge in [-0.05, 0) is 49.4 Å². The van der Waals surface area contributed by atoms with Gasteiger partial charge in [0.25, 0.3) is 0 Å². The Morgan fingerprint density at radius 1 is 1.16 bits per heavy atom. The summed E-state index contributed by atoms with van der Waals surface area (Å²) in [6.45, 7) is 1.21. The first-order valence-electron chi connectivity index (χ1n) is 10.7. The van der Waals surface area contributed by atoms with Gasteiger partial charge in [-0.25, -0.2) is 26.3 Å². The number of rotatable bonds is 7. The van der Waals surface area contributed by atoms with E-state index in [1.165, 1.54) is 42.2 Å². The third-order valence-electron chi connectivity index (χ3n) is 6.12. The van der Waals surface area contributed by atoms with Gasteiger partial charge < -0.3 is 4.90 Å². The molecule has 0 bridgehead atoms. The van der Waals surface area contributed by atoms with Crippen LogP contribution in [0.5, 0.6) is 0 Å². The summed E-state index contributed by atoms with van der Waals surface area (Å²) in [5, 5.41) is 0. The molecule has 4 rings (SSSR count). The minimum absolute atomic E-state index is 0.0647. The Kier molecular flexibility index (Phi) is 6.31. The van der Waals surface area contributed by atoms with E-state index in [-0.39, 0.29) is 41.7 Å². The SMILES string of the molecule is CCS(=O)(=O)N[C@H]1[C@@H](F)CN(C(=O)C2CC2)[C@H]1Cc1cccc(-c2cccc(F)c2)c1F. The van der Waals surface area contributed by atoms with E-state index in [2.05, 4.69) is 4.72 Å². The van der Waals surface area contributed by atoms with Crippen molar-refractivity contribution in [2.24, 2.45) is 5.92 Å². The van der Waals surface area contributed by atoms with Crippen LogP contribution in [-0.4, -0.2) is 49.8 Å². The Morgan fingerprint density at radius 2 is 1.88 bits per heavy atom. The number of alkyl halides is 1. The zero-order chi connectivity index (χ0) is 23.0. The van der Waals surface area contributed by atoms with Crippen LogP contribution >= 0.6 is 0 Å². The van der Waals surface area contributed by atoms with E-state index < -0.39 is 39.9 Å². The fraction of sp³-hybridized carbons (Fsp3) is 0.435. The lowest BCUT2D eigenvalue weighted by atomic mass is 9.95. The molecule has 0 unspecified atom stereocenters. The topological polar surface area (TPSA) is 66.5 Å². The van der Waals surface area contributed by atoms with Gasteiger partial charge in [-0.2, -0.15) is 0 Å². The van der Waals surface area contributed by atoms with Crippen molar-refractivity contribution < 1.29 is 26.4 Å². The Labute approximate surface area is 185 Å². The van der Waals surface area contributed by atoms with Gasteiger partial charge in [-0.1, -0.05) is 30.3 Å². The Hall–Kier alpha value is -2.39. The summed E-state index contributed by atoms with van der Waals surface area (Å²) in [7, 11) is -3.74. The third kappa shape index (κ3) is 4.68. The summed E-state index contributed by atoms with van der Waals surface area (Å²) < 4.78 is 70.7. The normalized spacial score (nSPS) is 23.5. The molecule has 1 heterocycles. The molecule has 32 heavy (non-hydrogen) atoms. The fourth-order valence-corrected chi connectivity index (χ4v) is 5.10. The van der Waals surface area contributed by atoms with Crippen LogP contribution in [0.25, 0.3) is 11.1 Å². The summed E-state index contributed by atoms with van der Waals surface area (Å²) >= 11 is 0. The summed E-state index contributed by atoms with van der Waals surface area (Å²) in [4.78, 5) is 14.2. The molecule has 5 nitrogen and oxygen atoms in total. The summed E-state index contributed by atoms with van der Waals surface area (Å²) in [6, 6.07) is 8.16. The van der Waals surface area contributed by atoms with Crippen LogP contribution in [0.4, 0.5) is 13.2 Å². The average Bonchev–Trinajstić information content (AvgIpc) is 3.56. The Bertz CT molecular complexity index is 1120. The maximum atomic E-state index is 15.4. The molecule has 1 aliphatic heterocycles. The predicted octanol–water partition coefficient (Wildman–Crippen LogP) is 3.44. The first kappa shape index (κ1) is 22.8. The summed E-state index contributed by atoms with van der Waals surface area (Å²) in [5.41, 5.74) is 0.746. The highest BCUT2D eigenvalue weighted by molar-refractivity contribution is 7.89. The zero-order valence-electron chi connectivity index (χ0n) is 17.6.